The number of nitrogens with zero attached hydrogens (tertiary/aromatic N) is 2. The number of ether oxygens (including phenoxy) is 2. The van der Waals surface area contributed by atoms with Crippen LogP contribution in [0.15, 0.2) is 321 Å². The van der Waals surface area contributed by atoms with Crippen LogP contribution in [-0.4, -0.2) is 0 Å². The molecule has 101 heavy (non-hydrogen) atoms. The van der Waals surface area contributed by atoms with E-state index >= 15 is 8.78 Å². The zero-order valence-electron chi connectivity index (χ0n) is 56.3. The molecule has 17 rings (SSSR count). The Morgan fingerprint density at radius 1 is 0.327 bits per heavy atom. The molecule has 7 heteroatoms. The minimum Gasteiger partial charge on any atom is -0.457 e. The van der Waals surface area contributed by atoms with E-state index in [4.69, 9.17) is 13.9 Å². The van der Waals surface area contributed by atoms with Crippen molar-refractivity contribution in [1.29, 1.82) is 0 Å². The van der Waals surface area contributed by atoms with E-state index in [1.807, 2.05) is 84.9 Å². The van der Waals surface area contributed by atoms with E-state index in [0.717, 1.165) is 157 Å². The molecule has 0 aliphatic heterocycles. The molecule has 0 spiro atoms. The molecule has 2 aliphatic carbocycles. The standard InChI is InChI=1S/C94H68F2N2O3/c1-7-63-27-45-73(46-28-63)99-75-49-31-65(32-50-75)93(85-55-59(3)23-25-61(85)5)83-19-11-9-15-77(83)79-53-43-71(57-87(79)93)97(69-39-35-67(95)36-40-69)89-21-13-17-81-82-18-14-22-90(92(82)101-91(81)89)98(70-41-37-68(96)38-42-70)72-44-54-80-78-16-10-12-20-84(78)94(88(80)58-72,86-56-60(4)24-26-62(86)6)66-33-51-76(52-34-66)100-74-47-29-64(8-2)30-48-74/h7-58H,1-2H2,3-6H3. The first kappa shape index (κ1) is 62.0. The molecule has 5 nitrogen and oxygen atoms in total. The Kier molecular flexibility index (Phi) is 15.2. The summed E-state index contributed by atoms with van der Waals surface area (Å²) in [7, 11) is 0. The lowest BCUT2D eigenvalue weighted by Gasteiger charge is -2.36. The van der Waals surface area contributed by atoms with Gasteiger partial charge in [0.2, 0.25) is 0 Å². The molecule has 1 aromatic heterocycles. The van der Waals surface area contributed by atoms with E-state index < -0.39 is 10.8 Å². The van der Waals surface area contributed by atoms with Crippen LogP contribution < -0.4 is 19.3 Å². The number of halogens is 2. The van der Waals surface area contributed by atoms with Gasteiger partial charge in [-0.3, -0.25) is 0 Å². The van der Waals surface area contributed by atoms with Gasteiger partial charge in [-0.1, -0.05) is 206 Å². The summed E-state index contributed by atoms with van der Waals surface area (Å²) in [6.45, 7) is 16.6. The average Bonchev–Trinajstić information content (AvgIpc) is 1.52. The van der Waals surface area contributed by atoms with Crippen LogP contribution in [0.4, 0.5) is 42.9 Å². The third kappa shape index (κ3) is 10.3. The van der Waals surface area contributed by atoms with Crippen molar-refractivity contribution >= 4 is 68.2 Å². The predicted octanol–water partition coefficient (Wildman–Crippen LogP) is 25.6. The highest BCUT2D eigenvalue weighted by atomic mass is 19.1. The lowest BCUT2D eigenvalue weighted by atomic mass is 9.66. The molecule has 0 radical (unpaired) electrons. The zero-order valence-corrected chi connectivity index (χ0v) is 56.3. The molecule has 0 bridgehead atoms. The van der Waals surface area contributed by atoms with Gasteiger partial charge in [0.25, 0.3) is 0 Å². The molecule has 15 aromatic rings. The van der Waals surface area contributed by atoms with Crippen LogP contribution in [0.1, 0.15) is 77.9 Å². The molecule has 0 saturated heterocycles. The van der Waals surface area contributed by atoms with Crippen LogP contribution in [0.3, 0.4) is 0 Å². The SMILES string of the molecule is C=Cc1ccc(Oc2ccc(C3(c4cc(C)ccc4C)c4ccccc4-c4ccc(N(c5ccc(F)cc5)c5cccc6c5oc5c(N(c7ccc(F)cc7)c7ccc8c(c7)C(c7ccc(Oc9ccc(C=C)cc9)cc7)(c7cc(C)ccc7C)c7ccccc7-8)cccc56)cc43)cc2)cc1. The first-order valence-electron chi connectivity index (χ1n) is 34.1. The van der Waals surface area contributed by atoms with Crippen LogP contribution in [0.2, 0.25) is 0 Å². The number of benzene rings is 14. The van der Waals surface area contributed by atoms with E-state index in [0.29, 0.717) is 22.7 Å². The summed E-state index contributed by atoms with van der Waals surface area (Å²) in [5.74, 6) is 2.19. The Balaban J connectivity index is 0.845. The van der Waals surface area contributed by atoms with Gasteiger partial charge in [-0.2, -0.15) is 0 Å². The topological polar surface area (TPSA) is 38.1 Å². The van der Waals surface area contributed by atoms with Gasteiger partial charge in [-0.15, -0.1) is 0 Å². The zero-order chi connectivity index (χ0) is 68.7. The van der Waals surface area contributed by atoms with Crippen molar-refractivity contribution < 1.29 is 22.7 Å². The normalized spacial score (nSPS) is 14.8. The summed E-state index contributed by atoms with van der Waals surface area (Å²) in [6, 6.07) is 103. The van der Waals surface area contributed by atoms with Crippen molar-refractivity contribution in [3.8, 4) is 45.3 Å². The average molecular weight is 1310 g/mol. The van der Waals surface area contributed by atoms with Crippen molar-refractivity contribution in [3.63, 3.8) is 0 Å². The van der Waals surface area contributed by atoms with E-state index in [1.165, 1.54) is 24.3 Å². The van der Waals surface area contributed by atoms with E-state index in [1.54, 1.807) is 0 Å². The highest BCUT2D eigenvalue weighted by Gasteiger charge is 2.49. The fourth-order valence-electron chi connectivity index (χ4n) is 15.9. The number of fused-ring (bicyclic) bond motifs is 9. The van der Waals surface area contributed by atoms with Gasteiger partial charge in [0.05, 0.1) is 22.2 Å². The molecule has 0 amide bonds. The van der Waals surface area contributed by atoms with Gasteiger partial charge in [-0.25, -0.2) is 8.78 Å². The van der Waals surface area contributed by atoms with Crippen LogP contribution >= 0.6 is 0 Å². The number of anilines is 6. The van der Waals surface area contributed by atoms with Crippen LogP contribution in [0, 0.1) is 39.3 Å². The maximum atomic E-state index is 15.4. The van der Waals surface area contributed by atoms with Gasteiger partial charge >= 0.3 is 0 Å². The van der Waals surface area contributed by atoms with Crippen molar-refractivity contribution in [2.75, 3.05) is 9.80 Å². The van der Waals surface area contributed by atoms with Crippen LogP contribution in [0.5, 0.6) is 23.0 Å². The van der Waals surface area contributed by atoms with Crippen LogP contribution in [-0.2, 0) is 10.8 Å². The third-order valence-electron chi connectivity index (χ3n) is 20.6. The fourth-order valence-corrected chi connectivity index (χ4v) is 15.9. The molecule has 0 N–H and O–H groups in total. The maximum Gasteiger partial charge on any atom is 0.159 e. The molecular formula is C94H68F2N2O3. The van der Waals surface area contributed by atoms with Gasteiger partial charge in [0.1, 0.15) is 34.6 Å². The van der Waals surface area contributed by atoms with Crippen molar-refractivity contribution in [3.05, 3.63) is 406 Å². The minimum absolute atomic E-state index is 0.350. The van der Waals surface area contributed by atoms with E-state index in [2.05, 4.69) is 257 Å². The second-order valence-electron chi connectivity index (χ2n) is 26.5. The molecule has 2 atom stereocenters. The summed E-state index contributed by atoms with van der Waals surface area (Å²) in [5, 5.41) is 1.75. The number of hydrogen-bond donors (Lipinski definition) is 0. The fraction of sp³-hybridized carbons (Fsp3) is 0.0638. The van der Waals surface area contributed by atoms with Gasteiger partial charge < -0.3 is 23.7 Å². The Bertz CT molecular complexity index is 5410. The number of aryl methyl sites for hydroxylation is 4. The monoisotopic (exact) mass is 1310 g/mol. The second kappa shape index (κ2) is 24.7. The third-order valence-corrected chi connectivity index (χ3v) is 20.6. The molecule has 1 heterocycles. The first-order valence-corrected chi connectivity index (χ1v) is 34.1. The number of hydrogen-bond acceptors (Lipinski definition) is 5. The van der Waals surface area contributed by atoms with E-state index in [9.17, 15) is 0 Å². The second-order valence-corrected chi connectivity index (χ2v) is 26.5. The molecule has 14 aromatic carbocycles. The molecule has 2 unspecified atom stereocenters. The van der Waals surface area contributed by atoms with Gasteiger partial charge in [0, 0.05) is 33.5 Å². The van der Waals surface area contributed by atoms with Gasteiger partial charge in [0.15, 0.2) is 11.2 Å². The molecule has 0 fully saturated rings. The van der Waals surface area contributed by atoms with Crippen molar-refractivity contribution in [1.82, 2.24) is 0 Å². The Morgan fingerprint density at radius 3 is 1.07 bits per heavy atom. The molecule has 486 valence electrons. The maximum absolute atomic E-state index is 15.4. The largest absolute Gasteiger partial charge is 0.457 e. The van der Waals surface area contributed by atoms with Crippen molar-refractivity contribution in [2.45, 2.75) is 38.5 Å². The summed E-state index contributed by atoms with van der Waals surface area (Å²) in [6.07, 6.45) is 3.65. The van der Waals surface area contributed by atoms with Crippen molar-refractivity contribution in [2.24, 2.45) is 0 Å². The minimum atomic E-state index is -0.807. The Hall–Kier alpha value is -12.6. The van der Waals surface area contributed by atoms with Crippen LogP contribution in [0.25, 0.3) is 56.3 Å². The molecule has 0 saturated carbocycles. The Morgan fingerprint density at radius 2 is 0.683 bits per heavy atom. The van der Waals surface area contributed by atoms with E-state index in [-0.39, 0.29) is 11.6 Å². The summed E-state index contributed by atoms with van der Waals surface area (Å²) >= 11 is 0. The molecule has 2 aliphatic rings. The number of rotatable bonds is 16. The number of para-hydroxylation sites is 2. The summed E-state index contributed by atoms with van der Waals surface area (Å²) < 4.78 is 51.4. The smallest absolute Gasteiger partial charge is 0.159 e. The quantitative estimate of drug-likeness (QED) is 0.0964. The first-order chi connectivity index (χ1) is 49.4. The summed E-state index contributed by atoms with van der Waals surface area (Å²) in [4.78, 5) is 4.38. The lowest BCUT2D eigenvalue weighted by Crippen LogP contribution is -2.30. The Labute approximate surface area is 587 Å². The summed E-state index contributed by atoms with van der Waals surface area (Å²) in [5.41, 5.74) is 24.4. The van der Waals surface area contributed by atoms with Gasteiger partial charge in [-0.05, 0) is 250 Å². The lowest BCUT2D eigenvalue weighted by molar-refractivity contribution is 0.482. The number of furan rings is 1. The predicted molar refractivity (Wildman–Crippen MR) is 410 cm³/mol. The highest BCUT2D eigenvalue weighted by molar-refractivity contribution is 6.14. The highest BCUT2D eigenvalue weighted by Crippen LogP contribution is 2.61. The molecular weight excluding hydrogens is 1240 g/mol.